The molecule has 0 spiro atoms. The average molecular weight is 328 g/mol. The van der Waals surface area contributed by atoms with Crippen LogP contribution in [0, 0.1) is 28.6 Å². The van der Waals surface area contributed by atoms with E-state index in [1.54, 1.807) is 6.08 Å². The van der Waals surface area contributed by atoms with E-state index in [-0.39, 0.29) is 16.6 Å². The fourth-order valence-corrected chi connectivity index (χ4v) is 6.33. The molecule has 2 fully saturated rings. The number of carbonyl (C=O) groups excluding carboxylic acids is 1. The number of hydrogen-bond acceptors (Lipinski definition) is 3. The summed E-state index contributed by atoms with van der Waals surface area (Å²) in [5.74, 6) is 1.44. The summed E-state index contributed by atoms with van der Waals surface area (Å²) in [7, 11) is 0. The average Bonchev–Trinajstić information content (AvgIpc) is 2.77. The first-order chi connectivity index (χ1) is 11.2. The molecule has 24 heavy (non-hydrogen) atoms. The first-order valence-corrected chi connectivity index (χ1v) is 9.23. The van der Waals surface area contributed by atoms with Gasteiger partial charge in [0.25, 0.3) is 0 Å². The minimum Gasteiger partial charge on any atom is -0.515 e. The van der Waals surface area contributed by atoms with Gasteiger partial charge in [0.2, 0.25) is 0 Å². The summed E-state index contributed by atoms with van der Waals surface area (Å²) in [4.78, 5) is 12.2. The Morgan fingerprint density at radius 2 is 2.00 bits per heavy atom. The normalized spacial score (nSPS) is 51.8. The van der Waals surface area contributed by atoms with Crippen LogP contribution < -0.4 is 0 Å². The maximum atomic E-state index is 12.2. The molecule has 3 heteroatoms. The van der Waals surface area contributed by atoms with Gasteiger partial charge < -0.3 is 10.2 Å². The third-order valence-corrected chi connectivity index (χ3v) is 8.11. The molecule has 2 saturated carbocycles. The highest BCUT2D eigenvalue weighted by molar-refractivity contribution is 6.05. The van der Waals surface area contributed by atoms with Crippen LogP contribution in [-0.4, -0.2) is 21.6 Å². The van der Waals surface area contributed by atoms with Crippen LogP contribution in [0.4, 0.5) is 0 Å². The van der Waals surface area contributed by atoms with E-state index >= 15 is 0 Å². The van der Waals surface area contributed by atoms with Crippen LogP contribution in [0.1, 0.15) is 52.9 Å². The zero-order chi connectivity index (χ0) is 17.3. The van der Waals surface area contributed by atoms with Crippen LogP contribution in [0.2, 0.25) is 0 Å². The summed E-state index contributed by atoms with van der Waals surface area (Å²) in [5, 5.41) is 20.3. The van der Waals surface area contributed by atoms with E-state index < -0.39 is 5.60 Å². The van der Waals surface area contributed by atoms with Crippen molar-refractivity contribution in [1.82, 2.24) is 0 Å². The van der Waals surface area contributed by atoms with Crippen molar-refractivity contribution in [3.8, 4) is 0 Å². The number of rotatable bonds is 0. The van der Waals surface area contributed by atoms with Crippen LogP contribution in [0.5, 0.6) is 0 Å². The Morgan fingerprint density at radius 1 is 1.25 bits per heavy atom. The molecule has 0 aromatic rings. The van der Waals surface area contributed by atoms with Crippen LogP contribution >= 0.6 is 0 Å². The van der Waals surface area contributed by atoms with Crippen molar-refractivity contribution in [1.29, 1.82) is 0 Å². The molecule has 4 rings (SSSR count). The topological polar surface area (TPSA) is 57.5 Å². The molecule has 0 aliphatic heterocycles. The monoisotopic (exact) mass is 328 g/mol. The van der Waals surface area contributed by atoms with Gasteiger partial charge in [-0.1, -0.05) is 31.6 Å². The predicted octanol–water partition coefficient (Wildman–Crippen LogP) is 4.10. The van der Waals surface area contributed by atoms with Crippen molar-refractivity contribution < 1.29 is 15.0 Å². The number of allylic oxidation sites excluding steroid dienone is 4. The number of fused-ring (bicyclic) bond motifs is 5. The van der Waals surface area contributed by atoms with E-state index in [1.807, 2.05) is 13.0 Å². The number of ketones is 1. The number of carbonyl (C=O) groups is 1. The zero-order valence-corrected chi connectivity index (χ0v) is 14.9. The van der Waals surface area contributed by atoms with Gasteiger partial charge >= 0.3 is 0 Å². The van der Waals surface area contributed by atoms with E-state index in [0.29, 0.717) is 29.7 Å². The Bertz CT molecular complexity index is 683. The maximum Gasteiger partial charge on any atom is 0.184 e. The standard InChI is InChI=1S/C21H28O3/c1-19-11-13(12-22)18(23)10-14(19)4-5-15-16(19)6-8-20(2)17(15)7-9-21(20,3)24/h7,9-10,12,15-17,22,24H,4-6,8,11H2,1-3H3/b13-12-/t15-,16+,17+,19+,20+,21+/m1/s1. The summed E-state index contributed by atoms with van der Waals surface area (Å²) in [6, 6.07) is 0. The lowest BCUT2D eigenvalue weighted by atomic mass is 9.46. The van der Waals surface area contributed by atoms with Gasteiger partial charge in [-0.3, -0.25) is 4.79 Å². The van der Waals surface area contributed by atoms with Gasteiger partial charge in [0.1, 0.15) is 0 Å². The third-order valence-electron chi connectivity index (χ3n) is 8.11. The Morgan fingerprint density at radius 3 is 2.71 bits per heavy atom. The second-order valence-electron chi connectivity index (χ2n) is 9.08. The van der Waals surface area contributed by atoms with Crippen molar-refractivity contribution >= 4 is 5.78 Å². The van der Waals surface area contributed by atoms with E-state index in [1.165, 1.54) is 5.57 Å². The van der Waals surface area contributed by atoms with Gasteiger partial charge in [-0.2, -0.15) is 0 Å². The van der Waals surface area contributed by atoms with Gasteiger partial charge in [0.05, 0.1) is 11.9 Å². The lowest BCUT2D eigenvalue weighted by Gasteiger charge is -2.58. The number of aliphatic hydroxyl groups excluding tert-OH is 1. The lowest BCUT2D eigenvalue weighted by molar-refractivity contribution is -0.115. The molecule has 2 N–H and O–H groups in total. The minimum atomic E-state index is -0.724. The quantitative estimate of drug-likeness (QED) is 0.400. The highest BCUT2D eigenvalue weighted by Crippen LogP contribution is 2.65. The van der Waals surface area contributed by atoms with E-state index in [9.17, 15) is 15.0 Å². The molecule has 0 aromatic carbocycles. The summed E-state index contributed by atoms with van der Waals surface area (Å²) in [5.41, 5.74) is 0.986. The second-order valence-corrected chi connectivity index (χ2v) is 9.08. The van der Waals surface area contributed by atoms with Crippen molar-refractivity contribution in [2.75, 3.05) is 0 Å². The Hall–Kier alpha value is -1.35. The smallest absolute Gasteiger partial charge is 0.184 e. The molecule has 0 heterocycles. The van der Waals surface area contributed by atoms with Crippen molar-refractivity contribution in [3.05, 3.63) is 35.6 Å². The van der Waals surface area contributed by atoms with Gasteiger partial charge in [0, 0.05) is 11.0 Å². The molecular formula is C21H28O3. The Balaban J connectivity index is 1.73. The first-order valence-electron chi connectivity index (χ1n) is 9.23. The second kappa shape index (κ2) is 4.85. The van der Waals surface area contributed by atoms with Gasteiger partial charge in [-0.05, 0) is 68.3 Å². The molecule has 0 amide bonds. The molecule has 0 aromatic heterocycles. The van der Waals surface area contributed by atoms with E-state index in [4.69, 9.17) is 0 Å². The summed E-state index contributed by atoms with van der Waals surface area (Å²) in [6.45, 7) is 6.47. The highest BCUT2D eigenvalue weighted by atomic mass is 16.3. The summed E-state index contributed by atoms with van der Waals surface area (Å²) >= 11 is 0. The third kappa shape index (κ3) is 1.85. The highest BCUT2D eigenvalue weighted by Gasteiger charge is 2.60. The molecule has 0 unspecified atom stereocenters. The predicted molar refractivity (Wildman–Crippen MR) is 93.3 cm³/mol. The molecule has 4 aliphatic carbocycles. The minimum absolute atomic E-state index is 0.0206. The molecule has 3 nitrogen and oxygen atoms in total. The Labute approximate surface area is 144 Å². The summed E-state index contributed by atoms with van der Waals surface area (Å²) < 4.78 is 0. The lowest BCUT2D eigenvalue weighted by Crippen LogP contribution is -2.54. The van der Waals surface area contributed by atoms with E-state index in [0.717, 1.165) is 31.9 Å². The zero-order valence-electron chi connectivity index (χ0n) is 14.9. The fourth-order valence-electron chi connectivity index (χ4n) is 6.33. The van der Waals surface area contributed by atoms with Crippen molar-refractivity contribution in [2.45, 2.75) is 58.5 Å². The van der Waals surface area contributed by atoms with Crippen molar-refractivity contribution in [3.63, 3.8) is 0 Å². The van der Waals surface area contributed by atoms with Crippen LogP contribution in [0.15, 0.2) is 35.6 Å². The molecule has 0 bridgehead atoms. The van der Waals surface area contributed by atoms with Gasteiger partial charge in [-0.15, -0.1) is 0 Å². The molecule has 0 saturated heterocycles. The first kappa shape index (κ1) is 16.1. The largest absolute Gasteiger partial charge is 0.515 e. The summed E-state index contributed by atoms with van der Waals surface area (Å²) in [6.07, 6.45) is 11.9. The number of aliphatic hydroxyl groups is 2. The van der Waals surface area contributed by atoms with Crippen LogP contribution in [0.3, 0.4) is 0 Å². The fraction of sp³-hybridized carbons (Fsp3) is 0.667. The van der Waals surface area contributed by atoms with E-state index in [2.05, 4.69) is 19.9 Å². The Kier molecular flexibility index (Phi) is 3.26. The molecule has 130 valence electrons. The van der Waals surface area contributed by atoms with Gasteiger partial charge in [0.15, 0.2) is 5.78 Å². The molecular weight excluding hydrogens is 300 g/mol. The SMILES string of the molecule is C[C@]12C/C(=C/O)C(=O)C=C1CC[C@@H]1[C@@H]2CC[C@@]2(C)[C@H]1C=C[C@]2(C)O. The molecule has 6 atom stereocenters. The van der Waals surface area contributed by atoms with Crippen LogP contribution in [-0.2, 0) is 4.79 Å². The molecule has 4 aliphatic rings. The van der Waals surface area contributed by atoms with Crippen LogP contribution in [0.25, 0.3) is 0 Å². The van der Waals surface area contributed by atoms with Gasteiger partial charge in [-0.25, -0.2) is 0 Å². The number of hydrogen-bond donors (Lipinski definition) is 2. The maximum absolute atomic E-state index is 12.2. The molecule has 0 radical (unpaired) electrons. The van der Waals surface area contributed by atoms with Crippen molar-refractivity contribution in [2.24, 2.45) is 28.6 Å².